The van der Waals surface area contributed by atoms with Crippen molar-refractivity contribution in [2.75, 3.05) is 31.1 Å². The summed E-state index contributed by atoms with van der Waals surface area (Å²) in [6.07, 6.45) is -3.57. The van der Waals surface area contributed by atoms with Gasteiger partial charge in [0.1, 0.15) is 6.10 Å². The molecule has 1 amide bonds. The van der Waals surface area contributed by atoms with Crippen molar-refractivity contribution in [2.24, 2.45) is 0 Å². The maximum absolute atomic E-state index is 13.5. The van der Waals surface area contributed by atoms with E-state index in [1.165, 1.54) is 29.2 Å². The molecule has 2 aromatic carbocycles. The molecule has 3 heterocycles. The number of alkyl halides is 3. The first-order valence-corrected chi connectivity index (χ1v) is 11.4. The lowest BCUT2D eigenvalue weighted by molar-refractivity contribution is -0.137. The van der Waals surface area contributed by atoms with Crippen LogP contribution in [0, 0.1) is 0 Å². The molecule has 2 fully saturated rings. The van der Waals surface area contributed by atoms with Crippen molar-refractivity contribution in [3.63, 3.8) is 0 Å². The Balaban J connectivity index is 1.42. The number of amides is 1. The van der Waals surface area contributed by atoms with Crippen molar-refractivity contribution in [2.45, 2.75) is 31.2 Å². The number of ether oxygens (including phenoxy) is 1. The molecule has 0 radical (unpaired) electrons. The molecule has 5 rings (SSSR count). The molecule has 184 valence electrons. The Kier molecular flexibility index (Phi) is 6.02. The monoisotopic (exact) mass is 487 g/mol. The molecule has 7 nitrogen and oxygen atoms in total. The van der Waals surface area contributed by atoms with Gasteiger partial charge in [-0.2, -0.15) is 13.2 Å². The van der Waals surface area contributed by atoms with E-state index < -0.39 is 23.4 Å². The van der Waals surface area contributed by atoms with Gasteiger partial charge in [0.15, 0.2) is 0 Å². The Morgan fingerprint density at radius 1 is 1.11 bits per heavy atom. The van der Waals surface area contributed by atoms with E-state index in [0.717, 1.165) is 25.5 Å². The fourth-order valence-electron chi connectivity index (χ4n) is 4.96. The van der Waals surface area contributed by atoms with Crippen LogP contribution in [-0.2, 0) is 10.9 Å². The van der Waals surface area contributed by atoms with Crippen LogP contribution in [0.2, 0.25) is 0 Å². The number of rotatable bonds is 5. The molecule has 2 atom stereocenters. The van der Waals surface area contributed by atoms with Crippen molar-refractivity contribution in [3.05, 3.63) is 64.4 Å². The van der Waals surface area contributed by atoms with Gasteiger partial charge in [0.2, 0.25) is 0 Å². The van der Waals surface area contributed by atoms with Crippen LogP contribution in [0.4, 0.5) is 23.7 Å². The number of H-pyrrole nitrogens is 1. The van der Waals surface area contributed by atoms with Gasteiger partial charge >= 0.3 is 12.3 Å². The van der Waals surface area contributed by atoms with E-state index in [1.807, 2.05) is 0 Å². The average molecular weight is 487 g/mol. The molecule has 2 saturated heterocycles. The number of halogens is 3. The van der Waals surface area contributed by atoms with Gasteiger partial charge in [-0.15, -0.1) is 0 Å². The Hall–Kier alpha value is -3.37. The zero-order valence-electron chi connectivity index (χ0n) is 18.7. The minimum atomic E-state index is -4.56. The van der Waals surface area contributed by atoms with Gasteiger partial charge in [-0.3, -0.25) is 14.6 Å². The van der Waals surface area contributed by atoms with Crippen LogP contribution in [0.25, 0.3) is 22.0 Å². The summed E-state index contributed by atoms with van der Waals surface area (Å²) in [7, 11) is 0. The smallest absolute Gasteiger partial charge is 0.417 e. The van der Waals surface area contributed by atoms with Crippen molar-refractivity contribution < 1.29 is 27.8 Å². The maximum Gasteiger partial charge on any atom is 0.417 e. The molecular weight excluding hydrogens is 463 g/mol. The summed E-state index contributed by atoms with van der Waals surface area (Å²) >= 11 is 0. The van der Waals surface area contributed by atoms with E-state index >= 15 is 0 Å². The van der Waals surface area contributed by atoms with Crippen molar-refractivity contribution in [1.29, 1.82) is 0 Å². The van der Waals surface area contributed by atoms with E-state index in [-0.39, 0.29) is 35.4 Å². The molecule has 0 saturated carbocycles. The summed E-state index contributed by atoms with van der Waals surface area (Å²) in [5.74, 6) is 0. The molecule has 10 heteroatoms. The number of likely N-dealkylation sites (tertiary alicyclic amines) is 1. The summed E-state index contributed by atoms with van der Waals surface area (Å²) in [5, 5.41) is 10.2. The quantitative estimate of drug-likeness (QED) is 0.569. The number of hydrogen-bond donors (Lipinski definition) is 2. The highest BCUT2D eigenvalue weighted by atomic mass is 19.4. The number of pyridine rings is 1. The molecule has 0 bridgehead atoms. The van der Waals surface area contributed by atoms with E-state index in [0.29, 0.717) is 24.2 Å². The Morgan fingerprint density at radius 3 is 2.69 bits per heavy atom. The lowest BCUT2D eigenvalue weighted by Gasteiger charge is -2.24. The van der Waals surface area contributed by atoms with E-state index in [9.17, 15) is 27.9 Å². The topological polar surface area (TPSA) is 85.9 Å². The fraction of sp³-hybridized carbons (Fsp3) is 0.360. The number of aromatic amines is 1. The number of hydrogen-bond acceptors (Lipinski definition) is 5. The molecule has 2 N–H and O–H groups in total. The first-order valence-electron chi connectivity index (χ1n) is 11.4. The first kappa shape index (κ1) is 23.4. The number of carbonyl (C=O) groups excluding carboxylic acids is 1. The van der Waals surface area contributed by atoms with Gasteiger partial charge in [-0.25, -0.2) is 4.79 Å². The highest BCUT2D eigenvalue weighted by Gasteiger charge is 2.36. The van der Waals surface area contributed by atoms with Crippen LogP contribution in [0.1, 0.15) is 18.4 Å². The third-order valence-corrected chi connectivity index (χ3v) is 6.69. The van der Waals surface area contributed by atoms with Crippen LogP contribution in [0.3, 0.4) is 0 Å². The number of aromatic nitrogens is 1. The lowest BCUT2D eigenvalue weighted by atomic mass is 10.0. The molecule has 0 unspecified atom stereocenters. The van der Waals surface area contributed by atoms with Crippen molar-refractivity contribution in [3.8, 4) is 11.3 Å². The molecule has 3 aromatic rings. The SMILES string of the molecule is O=C1O[C@H](CN2CCC[C@H]2CO)CN1c1ccc2cc(-c3ccccc3C(F)(F)F)[nH]c(=O)c2c1. The van der Waals surface area contributed by atoms with Crippen molar-refractivity contribution >= 4 is 22.6 Å². The fourth-order valence-corrected chi connectivity index (χ4v) is 4.96. The molecule has 35 heavy (non-hydrogen) atoms. The van der Waals surface area contributed by atoms with Gasteiger partial charge in [0.05, 0.1) is 18.7 Å². The van der Waals surface area contributed by atoms with Crippen LogP contribution in [0.5, 0.6) is 0 Å². The standard InChI is InChI=1S/C25H24F3N3O4/c26-25(27,28)21-6-2-1-5-19(21)22-10-15-7-8-16(11-20(15)23(33)29-22)31-13-18(35-24(31)34)12-30-9-3-4-17(30)14-32/h1-2,5-8,10-11,17-18,32H,3-4,9,12-14H2,(H,29,33)/t17-,18+/m0/s1. The molecule has 2 aliphatic rings. The predicted octanol–water partition coefficient (Wildman–Crippen LogP) is 4.00. The number of anilines is 1. The minimum absolute atomic E-state index is 0.0628. The number of fused-ring (bicyclic) bond motifs is 1. The van der Waals surface area contributed by atoms with E-state index in [2.05, 4.69) is 9.88 Å². The zero-order chi connectivity index (χ0) is 24.7. The van der Waals surface area contributed by atoms with E-state index in [1.54, 1.807) is 18.2 Å². The number of carbonyl (C=O) groups is 1. The van der Waals surface area contributed by atoms with E-state index in [4.69, 9.17) is 4.74 Å². The minimum Gasteiger partial charge on any atom is -0.443 e. The Bertz CT molecular complexity index is 1320. The lowest BCUT2D eigenvalue weighted by Crippen LogP contribution is -2.39. The van der Waals surface area contributed by atoms with Gasteiger partial charge < -0.3 is 14.8 Å². The third-order valence-electron chi connectivity index (χ3n) is 6.69. The second-order valence-electron chi connectivity index (χ2n) is 8.92. The summed E-state index contributed by atoms with van der Waals surface area (Å²) in [4.78, 5) is 31.5. The van der Waals surface area contributed by atoms with Crippen molar-refractivity contribution in [1.82, 2.24) is 9.88 Å². The second kappa shape index (κ2) is 9.01. The highest BCUT2D eigenvalue weighted by Crippen LogP contribution is 2.37. The third kappa shape index (κ3) is 4.51. The predicted molar refractivity (Wildman–Crippen MR) is 124 cm³/mol. The molecule has 2 aliphatic heterocycles. The highest BCUT2D eigenvalue weighted by molar-refractivity contribution is 5.94. The van der Waals surface area contributed by atoms with Crippen LogP contribution >= 0.6 is 0 Å². The molecule has 1 aromatic heterocycles. The summed E-state index contributed by atoms with van der Waals surface area (Å²) in [6, 6.07) is 11.4. The van der Waals surface area contributed by atoms with Crippen LogP contribution in [-0.4, -0.2) is 59.5 Å². The average Bonchev–Trinajstić information content (AvgIpc) is 3.44. The number of aliphatic hydroxyl groups is 1. The van der Waals surface area contributed by atoms with Crippen LogP contribution in [0.15, 0.2) is 53.3 Å². The number of nitrogens with one attached hydrogen (secondary N) is 1. The first-order chi connectivity index (χ1) is 16.7. The van der Waals surface area contributed by atoms with Gasteiger partial charge in [0, 0.05) is 34.9 Å². The number of nitrogens with zero attached hydrogens (tertiary/aromatic N) is 2. The second-order valence-corrected chi connectivity index (χ2v) is 8.92. The summed E-state index contributed by atoms with van der Waals surface area (Å²) in [5.41, 5.74) is -0.966. The summed E-state index contributed by atoms with van der Waals surface area (Å²) in [6.45, 7) is 1.72. The molecular formula is C25H24F3N3O4. The maximum atomic E-state index is 13.5. The number of cyclic esters (lactones) is 1. The summed E-state index contributed by atoms with van der Waals surface area (Å²) < 4.78 is 45.9. The number of benzene rings is 2. The van der Waals surface area contributed by atoms with Gasteiger partial charge in [0.25, 0.3) is 5.56 Å². The van der Waals surface area contributed by atoms with Crippen LogP contribution < -0.4 is 10.5 Å². The largest absolute Gasteiger partial charge is 0.443 e. The Morgan fingerprint density at radius 2 is 1.91 bits per heavy atom. The van der Waals surface area contributed by atoms with Gasteiger partial charge in [-0.05, 0) is 49.0 Å². The zero-order valence-corrected chi connectivity index (χ0v) is 18.7. The van der Waals surface area contributed by atoms with Gasteiger partial charge in [-0.1, -0.05) is 24.3 Å². The Labute approximate surface area is 198 Å². The normalized spacial score (nSPS) is 21.1. The number of aliphatic hydroxyl groups excluding tert-OH is 1. The molecule has 0 aliphatic carbocycles. The molecule has 0 spiro atoms.